The van der Waals surface area contributed by atoms with Crippen LogP contribution >= 0.6 is 11.6 Å². The van der Waals surface area contributed by atoms with Gasteiger partial charge in [-0.2, -0.15) is 0 Å². The van der Waals surface area contributed by atoms with Crippen LogP contribution in [-0.2, 0) is 9.59 Å². The van der Waals surface area contributed by atoms with Gasteiger partial charge in [0.25, 0.3) is 5.91 Å². The Labute approximate surface area is 174 Å². The molecule has 2 heterocycles. The standard InChI is InChI=1S/C22H22ClN3O3/c23-18-7-4-8-19(14-18)26-15-17(13-20(26)27)22(29)25-11-9-24(10-12-25)21(28)16-5-2-1-3-6-16/h1-8,14,17H,9-13,15H2/t17-/m0/s1. The molecule has 0 saturated carbocycles. The Bertz CT molecular complexity index is 926. The van der Waals surface area contributed by atoms with Gasteiger partial charge in [-0.25, -0.2) is 0 Å². The first-order valence-corrected chi connectivity index (χ1v) is 10.1. The monoisotopic (exact) mass is 411 g/mol. The third-order valence-corrected chi connectivity index (χ3v) is 5.73. The van der Waals surface area contributed by atoms with Crippen LogP contribution in [0.3, 0.4) is 0 Å². The second kappa shape index (κ2) is 8.25. The van der Waals surface area contributed by atoms with Crippen molar-refractivity contribution in [3.05, 3.63) is 65.2 Å². The number of benzene rings is 2. The maximum Gasteiger partial charge on any atom is 0.253 e. The third kappa shape index (κ3) is 4.12. The zero-order valence-corrected chi connectivity index (χ0v) is 16.7. The zero-order valence-electron chi connectivity index (χ0n) is 16.0. The van der Waals surface area contributed by atoms with E-state index >= 15 is 0 Å². The fraction of sp³-hybridized carbons (Fsp3) is 0.318. The molecule has 150 valence electrons. The molecule has 0 unspecified atom stereocenters. The van der Waals surface area contributed by atoms with Crippen LogP contribution in [0, 0.1) is 5.92 Å². The van der Waals surface area contributed by atoms with Crippen LogP contribution in [-0.4, -0.2) is 60.2 Å². The van der Waals surface area contributed by atoms with E-state index in [1.54, 1.807) is 45.0 Å². The minimum atomic E-state index is -0.363. The first kappa shape index (κ1) is 19.5. The SMILES string of the molecule is O=C(c1ccccc1)N1CCN(C(=O)[C@H]2CC(=O)N(c3cccc(Cl)c3)C2)CC1. The number of anilines is 1. The van der Waals surface area contributed by atoms with Gasteiger partial charge in [-0.1, -0.05) is 35.9 Å². The van der Waals surface area contributed by atoms with E-state index in [9.17, 15) is 14.4 Å². The first-order chi connectivity index (χ1) is 14.0. The number of amides is 3. The summed E-state index contributed by atoms with van der Waals surface area (Å²) >= 11 is 6.03. The fourth-order valence-electron chi connectivity index (χ4n) is 3.92. The van der Waals surface area contributed by atoms with Crippen LogP contribution < -0.4 is 4.90 Å². The van der Waals surface area contributed by atoms with E-state index in [0.717, 1.165) is 5.69 Å². The van der Waals surface area contributed by atoms with Crippen molar-refractivity contribution >= 4 is 35.0 Å². The molecular formula is C22H22ClN3O3. The molecule has 0 spiro atoms. The lowest BCUT2D eigenvalue weighted by Crippen LogP contribution is -2.52. The van der Waals surface area contributed by atoms with Gasteiger partial charge in [0.15, 0.2) is 0 Å². The number of rotatable bonds is 3. The molecule has 2 aliphatic rings. The van der Waals surface area contributed by atoms with Crippen LogP contribution in [0.4, 0.5) is 5.69 Å². The molecule has 2 fully saturated rings. The van der Waals surface area contributed by atoms with E-state index in [1.807, 2.05) is 24.3 Å². The van der Waals surface area contributed by atoms with Crippen molar-refractivity contribution < 1.29 is 14.4 Å². The van der Waals surface area contributed by atoms with Gasteiger partial charge in [-0.05, 0) is 30.3 Å². The number of hydrogen-bond donors (Lipinski definition) is 0. The smallest absolute Gasteiger partial charge is 0.253 e. The lowest BCUT2D eigenvalue weighted by atomic mass is 10.1. The lowest BCUT2D eigenvalue weighted by molar-refractivity contribution is -0.137. The summed E-state index contributed by atoms with van der Waals surface area (Å²) in [6.07, 6.45) is 0.203. The summed E-state index contributed by atoms with van der Waals surface area (Å²) in [6.45, 7) is 2.33. The molecule has 2 saturated heterocycles. The molecule has 2 aliphatic heterocycles. The molecule has 0 aliphatic carbocycles. The molecule has 0 radical (unpaired) electrons. The van der Waals surface area contributed by atoms with E-state index in [1.165, 1.54) is 0 Å². The van der Waals surface area contributed by atoms with Gasteiger partial charge in [0.1, 0.15) is 0 Å². The predicted octanol–water partition coefficient (Wildman–Crippen LogP) is 2.68. The first-order valence-electron chi connectivity index (χ1n) is 9.72. The molecule has 2 aromatic rings. The van der Waals surface area contributed by atoms with Gasteiger partial charge in [0, 0.05) is 55.4 Å². The van der Waals surface area contributed by atoms with E-state index in [2.05, 4.69) is 0 Å². The van der Waals surface area contributed by atoms with E-state index in [4.69, 9.17) is 11.6 Å². The highest BCUT2D eigenvalue weighted by Gasteiger charge is 2.38. The van der Waals surface area contributed by atoms with Crippen LogP contribution in [0.2, 0.25) is 5.02 Å². The third-order valence-electron chi connectivity index (χ3n) is 5.49. The van der Waals surface area contributed by atoms with Crippen molar-refractivity contribution in [3.8, 4) is 0 Å². The molecule has 1 atom stereocenters. The molecule has 0 N–H and O–H groups in total. The molecule has 0 aromatic heterocycles. The van der Waals surface area contributed by atoms with Crippen LogP contribution in [0.1, 0.15) is 16.8 Å². The van der Waals surface area contributed by atoms with Gasteiger partial charge in [-0.3, -0.25) is 14.4 Å². The Hall–Kier alpha value is -2.86. The maximum atomic E-state index is 13.0. The van der Waals surface area contributed by atoms with E-state index in [-0.39, 0.29) is 30.1 Å². The minimum absolute atomic E-state index is 0.0131. The van der Waals surface area contributed by atoms with Crippen molar-refractivity contribution in [2.45, 2.75) is 6.42 Å². The second-order valence-corrected chi connectivity index (χ2v) is 7.81. The largest absolute Gasteiger partial charge is 0.339 e. The zero-order chi connectivity index (χ0) is 20.4. The van der Waals surface area contributed by atoms with Crippen molar-refractivity contribution in [2.75, 3.05) is 37.6 Å². The second-order valence-electron chi connectivity index (χ2n) is 7.37. The predicted molar refractivity (Wildman–Crippen MR) is 111 cm³/mol. The van der Waals surface area contributed by atoms with Crippen molar-refractivity contribution in [2.24, 2.45) is 5.92 Å². The molecule has 3 amide bonds. The highest BCUT2D eigenvalue weighted by molar-refractivity contribution is 6.31. The van der Waals surface area contributed by atoms with Crippen LogP contribution in [0.25, 0.3) is 0 Å². The van der Waals surface area contributed by atoms with Gasteiger partial charge < -0.3 is 14.7 Å². The van der Waals surface area contributed by atoms with Crippen molar-refractivity contribution in [1.82, 2.24) is 9.80 Å². The molecule has 29 heavy (non-hydrogen) atoms. The Morgan fingerprint density at radius 3 is 2.28 bits per heavy atom. The normalized spacial score (nSPS) is 19.6. The summed E-state index contributed by atoms with van der Waals surface area (Å²) in [5.41, 5.74) is 1.38. The number of carbonyl (C=O) groups is 3. The average molecular weight is 412 g/mol. The summed E-state index contributed by atoms with van der Waals surface area (Å²) in [5, 5.41) is 0.560. The average Bonchev–Trinajstić information content (AvgIpc) is 3.15. The summed E-state index contributed by atoms with van der Waals surface area (Å²) in [7, 11) is 0. The summed E-state index contributed by atoms with van der Waals surface area (Å²) in [4.78, 5) is 43.1. The van der Waals surface area contributed by atoms with Gasteiger partial charge in [0.2, 0.25) is 11.8 Å². The Balaban J connectivity index is 1.35. The molecular weight excluding hydrogens is 390 g/mol. The highest BCUT2D eigenvalue weighted by atomic mass is 35.5. The Morgan fingerprint density at radius 2 is 1.59 bits per heavy atom. The number of halogens is 1. The van der Waals surface area contributed by atoms with Gasteiger partial charge in [0.05, 0.1) is 5.92 Å². The number of hydrogen-bond acceptors (Lipinski definition) is 3. The number of carbonyl (C=O) groups excluding carboxylic acids is 3. The molecule has 7 heteroatoms. The molecule has 2 aromatic carbocycles. The topological polar surface area (TPSA) is 60.9 Å². The molecule has 6 nitrogen and oxygen atoms in total. The van der Waals surface area contributed by atoms with Gasteiger partial charge >= 0.3 is 0 Å². The summed E-state index contributed by atoms with van der Waals surface area (Å²) in [5.74, 6) is -0.461. The highest BCUT2D eigenvalue weighted by Crippen LogP contribution is 2.28. The quantitative estimate of drug-likeness (QED) is 0.780. The summed E-state index contributed by atoms with van der Waals surface area (Å²) < 4.78 is 0. The fourth-order valence-corrected chi connectivity index (χ4v) is 4.10. The molecule has 0 bridgehead atoms. The van der Waals surface area contributed by atoms with E-state index < -0.39 is 0 Å². The summed E-state index contributed by atoms with van der Waals surface area (Å²) in [6, 6.07) is 16.3. The van der Waals surface area contributed by atoms with Crippen molar-refractivity contribution in [3.63, 3.8) is 0 Å². The lowest BCUT2D eigenvalue weighted by Gasteiger charge is -2.36. The van der Waals surface area contributed by atoms with Gasteiger partial charge in [-0.15, -0.1) is 0 Å². The number of piperazine rings is 1. The van der Waals surface area contributed by atoms with E-state index in [0.29, 0.717) is 43.3 Å². The van der Waals surface area contributed by atoms with Crippen molar-refractivity contribution in [1.29, 1.82) is 0 Å². The minimum Gasteiger partial charge on any atom is -0.339 e. The molecule has 4 rings (SSSR count). The van der Waals surface area contributed by atoms with Crippen LogP contribution in [0.15, 0.2) is 54.6 Å². The number of nitrogens with zero attached hydrogens (tertiary/aromatic N) is 3. The Morgan fingerprint density at radius 1 is 0.897 bits per heavy atom. The Kier molecular flexibility index (Phi) is 5.53. The van der Waals surface area contributed by atoms with Crippen LogP contribution in [0.5, 0.6) is 0 Å². The maximum absolute atomic E-state index is 13.0.